The molecule has 0 spiro atoms. The highest BCUT2D eigenvalue weighted by Crippen LogP contribution is 2.24. The number of allylic oxidation sites excluding steroid dienone is 1. The van der Waals surface area contributed by atoms with Crippen LogP contribution < -0.4 is 4.74 Å². The molecule has 0 atom stereocenters. The van der Waals surface area contributed by atoms with Gasteiger partial charge in [-0.15, -0.1) is 0 Å². The van der Waals surface area contributed by atoms with E-state index in [0.29, 0.717) is 5.76 Å². The Hall–Kier alpha value is -2.23. The number of methoxy groups -OCH3 is 1. The van der Waals surface area contributed by atoms with Crippen LogP contribution in [0.2, 0.25) is 0 Å². The Morgan fingerprint density at radius 2 is 1.95 bits per heavy atom. The molecule has 1 aromatic rings. The number of carbonyl (C=O) groups is 1. The van der Waals surface area contributed by atoms with Crippen molar-refractivity contribution >= 4 is 12.0 Å². The molecule has 0 aliphatic carbocycles. The van der Waals surface area contributed by atoms with Crippen molar-refractivity contribution in [2.75, 3.05) is 7.11 Å². The zero-order valence-corrected chi connectivity index (χ0v) is 12.1. The zero-order valence-electron chi connectivity index (χ0n) is 12.1. The molecule has 2 rings (SSSR count). The minimum absolute atomic E-state index is 0.396. The van der Waals surface area contributed by atoms with Crippen molar-refractivity contribution < 1.29 is 19.0 Å². The van der Waals surface area contributed by atoms with Gasteiger partial charge in [-0.1, -0.05) is 12.1 Å². The lowest BCUT2D eigenvalue weighted by Crippen LogP contribution is -2.33. The molecule has 0 N–H and O–H groups in total. The fourth-order valence-corrected chi connectivity index (χ4v) is 1.94. The average Bonchev–Trinajstić information content (AvgIpc) is 2.34. The van der Waals surface area contributed by atoms with E-state index in [2.05, 4.69) is 0 Å². The van der Waals surface area contributed by atoms with Gasteiger partial charge in [0, 0.05) is 13.8 Å². The number of ether oxygens (including phenoxy) is 3. The van der Waals surface area contributed by atoms with Gasteiger partial charge in [0.15, 0.2) is 0 Å². The largest absolute Gasteiger partial charge is 0.497 e. The number of aryl methyl sites for hydroxylation is 1. The Kier molecular flexibility index (Phi) is 3.84. The molecule has 0 radical (unpaired) electrons. The summed E-state index contributed by atoms with van der Waals surface area (Å²) >= 11 is 0. The van der Waals surface area contributed by atoms with E-state index >= 15 is 0 Å². The third-order valence-corrected chi connectivity index (χ3v) is 2.87. The maximum atomic E-state index is 11.4. The Morgan fingerprint density at radius 1 is 1.20 bits per heavy atom. The summed E-state index contributed by atoms with van der Waals surface area (Å²) in [5.74, 6) is -0.0215. The molecular weight excluding hydrogens is 256 g/mol. The van der Waals surface area contributed by atoms with Gasteiger partial charge in [0.2, 0.25) is 5.79 Å². The summed E-state index contributed by atoms with van der Waals surface area (Å²) < 4.78 is 15.7. The fraction of sp³-hybridized carbons (Fsp3) is 0.312. The summed E-state index contributed by atoms with van der Waals surface area (Å²) in [5, 5.41) is 0. The van der Waals surface area contributed by atoms with E-state index in [1.54, 1.807) is 27.0 Å². The number of benzene rings is 1. The number of hydrogen-bond donors (Lipinski definition) is 0. The summed E-state index contributed by atoms with van der Waals surface area (Å²) in [6.07, 6.45) is 4.99. The molecule has 1 heterocycles. The molecule has 1 aliphatic rings. The van der Waals surface area contributed by atoms with Crippen LogP contribution in [0, 0.1) is 6.92 Å². The first kappa shape index (κ1) is 14.2. The van der Waals surface area contributed by atoms with Gasteiger partial charge in [0.05, 0.1) is 13.2 Å². The second-order valence-corrected chi connectivity index (χ2v) is 5.03. The molecule has 0 amide bonds. The highest BCUT2D eigenvalue weighted by molar-refractivity contribution is 5.84. The Morgan fingerprint density at radius 3 is 2.55 bits per heavy atom. The van der Waals surface area contributed by atoms with Crippen LogP contribution >= 0.6 is 0 Å². The Bertz CT molecular complexity index is 582. The maximum Gasteiger partial charge on any atom is 0.337 e. The van der Waals surface area contributed by atoms with E-state index < -0.39 is 11.8 Å². The number of cyclic esters (lactones) is 1. The van der Waals surface area contributed by atoms with Crippen LogP contribution in [0.3, 0.4) is 0 Å². The molecule has 0 fully saturated rings. The monoisotopic (exact) mass is 274 g/mol. The molecule has 106 valence electrons. The highest BCUT2D eigenvalue weighted by Gasteiger charge is 2.28. The summed E-state index contributed by atoms with van der Waals surface area (Å²) in [6.45, 7) is 5.39. The van der Waals surface area contributed by atoms with Crippen LogP contribution in [0.4, 0.5) is 0 Å². The SMILES string of the molecule is COc1ccc(/C=C\C2=CC(=O)OC(C)(C)O2)c(C)c1. The quantitative estimate of drug-likeness (QED) is 0.794. The first-order valence-corrected chi connectivity index (χ1v) is 6.36. The van der Waals surface area contributed by atoms with Gasteiger partial charge in [-0.05, 0) is 36.3 Å². The van der Waals surface area contributed by atoms with Crippen LogP contribution in [0.25, 0.3) is 6.08 Å². The first-order valence-electron chi connectivity index (χ1n) is 6.36. The zero-order chi connectivity index (χ0) is 14.8. The predicted octanol–water partition coefficient (Wildman–Crippen LogP) is 3.21. The number of esters is 1. The van der Waals surface area contributed by atoms with E-state index in [1.165, 1.54) is 6.08 Å². The molecule has 20 heavy (non-hydrogen) atoms. The maximum absolute atomic E-state index is 11.4. The fourth-order valence-electron chi connectivity index (χ4n) is 1.94. The van der Waals surface area contributed by atoms with Crippen molar-refractivity contribution in [2.45, 2.75) is 26.6 Å². The third kappa shape index (κ3) is 3.41. The van der Waals surface area contributed by atoms with Crippen LogP contribution in [-0.2, 0) is 14.3 Å². The molecule has 0 aromatic heterocycles. The molecule has 0 bridgehead atoms. The van der Waals surface area contributed by atoms with Crippen molar-refractivity contribution in [3.63, 3.8) is 0 Å². The number of carbonyl (C=O) groups excluding carboxylic acids is 1. The molecule has 0 unspecified atom stereocenters. The summed E-state index contributed by atoms with van der Waals surface area (Å²) in [4.78, 5) is 11.4. The lowest BCUT2D eigenvalue weighted by molar-refractivity contribution is -0.203. The topological polar surface area (TPSA) is 44.8 Å². The molecule has 1 aromatic carbocycles. The van der Waals surface area contributed by atoms with Gasteiger partial charge in [-0.25, -0.2) is 4.79 Å². The standard InChI is InChI=1S/C16H18O4/c1-11-9-13(18-4)7-5-12(11)6-8-14-10-15(17)20-16(2,3)19-14/h5-10H,1-4H3/b8-6-. The lowest BCUT2D eigenvalue weighted by Gasteiger charge is -2.29. The van der Waals surface area contributed by atoms with Gasteiger partial charge in [-0.2, -0.15) is 0 Å². The molecular formula is C16H18O4. The summed E-state index contributed by atoms with van der Waals surface area (Å²) in [6, 6.07) is 5.80. The van der Waals surface area contributed by atoms with Gasteiger partial charge in [0.25, 0.3) is 0 Å². The van der Waals surface area contributed by atoms with Crippen LogP contribution in [0.5, 0.6) is 5.75 Å². The van der Waals surface area contributed by atoms with E-state index in [9.17, 15) is 4.79 Å². The van der Waals surface area contributed by atoms with E-state index in [4.69, 9.17) is 14.2 Å². The minimum Gasteiger partial charge on any atom is -0.497 e. The van der Waals surface area contributed by atoms with Crippen molar-refractivity contribution in [3.05, 3.63) is 47.2 Å². The van der Waals surface area contributed by atoms with Crippen molar-refractivity contribution in [1.82, 2.24) is 0 Å². The minimum atomic E-state index is -0.930. The molecule has 0 saturated heterocycles. The smallest absolute Gasteiger partial charge is 0.337 e. The van der Waals surface area contributed by atoms with Crippen molar-refractivity contribution in [2.24, 2.45) is 0 Å². The molecule has 0 saturated carbocycles. The Balaban J connectivity index is 2.19. The van der Waals surface area contributed by atoms with Crippen LogP contribution in [0.15, 0.2) is 36.1 Å². The van der Waals surface area contributed by atoms with Crippen LogP contribution in [-0.4, -0.2) is 18.9 Å². The van der Waals surface area contributed by atoms with Crippen LogP contribution in [0.1, 0.15) is 25.0 Å². The van der Waals surface area contributed by atoms with Gasteiger partial charge in [-0.3, -0.25) is 0 Å². The summed E-state index contributed by atoms with van der Waals surface area (Å²) in [7, 11) is 1.64. The van der Waals surface area contributed by atoms with E-state index in [-0.39, 0.29) is 0 Å². The lowest BCUT2D eigenvalue weighted by atomic mass is 10.1. The molecule has 4 heteroatoms. The Labute approximate surface area is 118 Å². The number of rotatable bonds is 3. The van der Waals surface area contributed by atoms with Crippen molar-refractivity contribution in [1.29, 1.82) is 0 Å². The molecule has 4 nitrogen and oxygen atoms in total. The average molecular weight is 274 g/mol. The summed E-state index contributed by atoms with van der Waals surface area (Å²) in [5.41, 5.74) is 2.12. The van der Waals surface area contributed by atoms with Gasteiger partial charge in [0.1, 0.15) is 11.5 Å². The van der Waals surface area contributed by atoms with E-state index in [1.807, 2.05) is 31.2 Å². The first-order chi connectivity index (χ1) is 9.39. The second kappa shape index (κ2) is 5.41. The predicted molar refractivity (Wildman–Crippen MR) is 76.1 cm³/mol. The van der Waals surface area contributed by atoms with Gasteiger partial charge >= 0.3 is 5.97 Å². The van der Waals surface area contributed by atoms with E-state index in [0.717, 1.165) is 16.9 Å². The normalized spacial score (nSPS) is 17.4. The van der Waals surface area contributed by atoms with Gasteiger partial charge < -0.3 is 14.2 Å². The molecule has 1 aliphatic heterocycles. The van der Waals surface area contributed by atoms with Crippen molar-refractivity contribution in [3.8, 4) is 5.75 Å². The third-order valence-electron chi connectivity index (χ3n) is 2.87. The highest BCUT2D eigenvalue weighted by atomic mass is 16.7. The second-order valence-electron chi connectivity index (χ2n) is 5.03. The number of hydrogen-bond acceptors (Lipinski definition) is 4.